The van der Waals surface area contributed by atoms with Crippen molar-refractivity contribution >= 4 is 10.0 Å². The summed E-state index contributed by atoms with van der Waals surface area (Å²) in [6.07, 6.45) is 2.64. The first-order valence-corrected chi connectivity index (χ1v) is 8.66. The Kier molecular flexibility index (Phi) is 6.58. The van der Waals surface area contributed by atoms with Crippen LogP contribution in [0.4, 0.5) is 0 Å². The van der Waals surface area contributed by atoms with Gasteiger partial charge < -0.3 is 5.32 Å². The number of rotatable bonds is 8. The summed E-state index contributed by atoms with van der Waals surface area (Å²) in [7, 11) is -1.90. The fraction of sp³-hybridized carbons (Fsp3) is 0.500. The summed E-state index contributed by atoms with van der Waals surface area (Å²) in [5.74, 6) is 0. The Balaban J connectivity index is 3.19. The molecule has 21 heavy (non-hydrogen) atoms. The van der Waals surface area contributed by atoms with E-state index in [1.165, 1.54) is 4.31 Å². The lowest BCUT2D eigenvalue weighted by atomic mass is 10.1. The lowest BCUT2D eigenvalue weighted by Crippen LogP contribution is -2.28. The van der Waals surface area contributed by atoms with Gasteiger partial charge >= 0.3 is 0 Å². The maximum absolute atomic E-state index is 12.6. The molecule has 0 aliphatic rings. The average Bonchev–Trinajstić information content (AvgIpc) is 2.42. The minimum atomic E-state index is -3.47. The molecule has 118 valence electrons. The summed E-state index contributed by atoms with van der Waals surface area (Å²) < 4.78 is 26.6. The first kappa shape index (κ1) is 17.9. The molecule has 0 bridgehead atoms. The van der Waals surface area contributed by atoms with Gasteiger partial charge in [-0.15, -0.1) is 6.58 Å². The highest BCUT2D eigenvalue weighted by atomic mass is 32.2. The molecule has 1 aromatic rings. The van der Waals surface area contributed by atoms with E-state index in [2.05, 4.69) is 18.8 Å². The van der Waals surface area contributed by atoms with Crippen molar-refractivity contribution in [1.29, 1.82) is 0 Å². The van der Waals surface area contributed by atoms with E-state index in [1.54, 1.807) is 19.2 Å². The van der Waals surface area contributed by atoms with Crippen LogP contribution in [-0.2, 0) is 16.6 Å². The standard InChI is InChI=1S/C16H26N2O2S/c1-6-8-17-12-15-10-13(3)14(4)16(11-15)21(19,20)18(5)9-7-2/h7,10-11,17H,2,6,8-9,12H2,1,3-5H3. The maximum Gasteiger partial charge on any atom is 0.243 e. The minimum Gasteiger partial charge on any atom is -0.313 e. The summed E-state index contributed by atoms with van der Waals surface area (Å²) in [6.45, 7) is 11.4. The summed E-state index contributed by atoms with van der Waals surface area (Å²) in [6, 6.07) is 3.82. The summed E-state index contributed by atoms with van der Waals surface area (Å²) in [5.41, 5.74) is 2.80. The van der Waals surface area contributed by atoms with Crippen LogP contribution >= 0.6 is 0 Å². The molecule has 0 saturated heterocycles. The van der Waals surface area contributed by atoms with Gasteiger partial charge in [0, 0.05) is 20.1 Å². The van der Waals surface area contributed by atoms with Crippen molar-refractivity contribution in [2.75, 3.05) is 20.1 Å². The number of likely N-dealkylation sites (N-methyl/N-ethyl adjacent to an activating group) is 1. The van der Waals surface area contributed by atoms with Crippen LogP contribution in [0.2, 0.25) is 0 Å². The van der Waals surface area contributed by atoms with Gasteiger partial charge in [0.25, 0.3) is 0 Å². The van der Waals surface area contributed by atoms with Gasteiger partial charge in [-0.1, -0.05) is 19.1 Å². The number of aryl methyl sites for hydroxylation is 1. The van der Waals surface area contributed by atoms with Crippen LogP contribution in [0.1, 0.15) is 30.0 Å². The Morgan fingerprint density at radius 2 is 2.00 bits per heavy atom. The third-order valence-corrected chi connectivity index (χ3v) is 5.46. The van der Waals surface area contributed by atoms with Crippen LogP contribution in [0.15, 0.2) is 29.7 Å². The van der Waals surface area contributed by atoms with Gasteiger partial charge in [-0.05, 0) is 49.6 Å². The maximum atomic E-state index is 12.6. The van der Waals surface area contributed by atoms with Gasteiger partial charge in [0.1, 0.15) is 0 Å². The SMILES string of the molecule is C=CCN(C)S(=O)(=O)c1cc(CNCCC)cc(C)c1C. The van der Waals surface area contributed by atoms with Gasteiger partial charge in [0.15, 0.2) is 0 Å². The van der Waals surface area contributed by atoms with Crippen molar-refractivity contribution in [2.24, 2.45) is 0 Å². The van der Waals surface area contributed by atoms with Gasteiger partial charge in [-0.2, -0.15) is 4.31 Å². The Hall–Kier alpha value is -1.17. The molecular formula is C16H26N2O2S. The van der Waals surface area contributed by atoms with Crippen molar-refractivity contribution in [1.82, 2.24) is 9.62 Å². The Labute approximate surface area is 128 Å². The van der Waals surface area contributed by atoms with Crippen molar-refractivity contribution in [3.05, 3.63) is 41.5 Å². The molecule has 0 spiro atoms. The summed E-state index contributed by atoms with van der Waals surface area (Å²) in [4.78, 5) is 0.389. The number of nitrogens with zero attached hydrogens (tertiary/aromatic N) is 1. The highest BCUT2D eigenvalue weighted by molar-refractivity contribution is 7.89. The van der Waals surface area contributed by atoms with E-state index in [9.17, 15) is 8.42 Å². The largest absolute Gasteiger partial charge is 0.313 e. The average molecular weight is 310 g/mol. The summed E-state index contributed by atoms with van der Waals surface area (Å²) >= 11 is 0. The molecule has 0 amide bonds. The number of nitrogens with one attached hydrogen (secondary N) is 1. The van der Waals surface area contributed by atoms with E-state index in [0.717, 1.165) is 29.7 Å². The molecule has 0 aliphatic carbocycles. The van der Waals surface area contributed by atoms with Crippen LogP contribution in [0.5, 0.6) is 0 Å². The lowest BCUT2D eigenvalue weighted by Gasteiger charge is -2.19. The van der Waals surface area contributed by atoms with E-state index < -0.39 is 10.0 Å². The zero-order valence-corrected chi connectivity index (χ0v) is 14.3. The Morgan fingerprint density at radius 3 is 2.57 bits per heavy atom. The van der Waals surface area contributed by atoms with Gasteiger partial charge in [0.2, 0.25) is 10.0 Å². The van der Waals surface area contributed by atoms with E-state index in [4.69, 9.17) is 0 Å². The molecule has 0 aliphatic heterocycles. The second-order valence-corrected chi connectivity index (χ2v) is 7.30. The van der Waals surface area contributed by atoms with Gasteiger partial charge in [0.05, 0.1) is 4.90 Å². The topological polar surface area (TPSA) is 49.4 Å². The predicted octanol–water partition coefficient (Wildman–Crippen LogP) is 2.61. The molecule has 0 aromatic heterocycles. The van der Waals surface area contributed by atoms with Gasteiger partial charge in [-0.3, -0.25) is 0 Å². The third-order valence-electron chi connectivity index (χ3n) is 3.51. The van der Waals surface area contributed by atoms with Crippen molar-refractivity contribution in [3.63, 3.8) is 0 Å². The van der Waals surface area contributed by atoms with E-state index >= 15 is 0 Å². The van der Waals surface area contributed by atoms with Gasteiger partial charge in [-0.25, -0.2) is 8.42 Å². The predicted molar refractivity (Wildman–Crippen MR) is 87.9 cm³/mol. The Morgan fingerprint density at radius 1 is 1.33 bits per heavy atom. The number of hydrogen-bond acceptors (Lipinski definition) is 3. The van der Waals surface area contributed by atoms with Crippen LogP contribution in [0, 0.1) is 13.8 Å². The van der Waals surface area contributed by atoms with E-state index in [0.29, 0.717) is 18.0 Å². The number of benzene rings is 1. The molecule has 0 unspecified atom stereocenters. The molecule has 4 nitrogen and oxygen atoms in total. The molecule has 0 atom stereocenters. The van der Waals surface area contributed by atoms with Crippen molar-refractivity contribution < 1.29 is 8.42 Å². The van der Waals surface area contributed by atoms with Crippen LogP contribution < -0.4 is 5.32 Å². The van der Waals surface area contributed by atoms with Crippen molar-refractivity contribution in [2.45, 2.75) is 38.6 Å². The van der Waals surface area contributed by atoms with Crippen LogP contribution in [-0.4, -0.2) is 32.9 Å². The summed E-state index contributed by atoms with van der Waals surface area (Å²) in [5, 5.41) is 3.31. The third kappa shape index (κ3) is 4.40. The number of sulfonamides is 1. The molecule has 0 heterocycles. The molecule has 0 saturated carbocycles. The fourth-order valence-electron chi connectivity index (χ4n) is 2.13. The monoisotopic (exact) mass is 310 g/mol. The molecule has 1 rings (SSSR count). The zero-order chi connectivity index (χ0) is 16.0. The molecule has 1 N–H and O–H groups in total. The molecule has 0 fully saturated rings. The molecule has 0 radical (unpaired) electrons. The lowest BCUT2D eigenvalue weighted by molar-refractivity contribution is 0.498. The smallest absolute Gasteiger partial charge is 0.243 e. The quantitative estimate of drug-likeness (QED) is 0.593. The van der Waals surface area contributed by atoms with Crippen molar-refractivity contribution in [3.8, 4) is 0 Å². The van der Waals surface area contributed by atoms with E-state index in [-0.39, 0.29) is 0 Å². The first-order valence-electron chi connectivity index (χ1n) is 7.22. The second-order valence-electron chi connectivity index (χ2n) is 5.29. The molecular weight excluding hydrogens is 284 g/mol. The normalized spacial score (nSPS) is 11.9. The van der Waals surface area contributed by atoms with Crippen LogP contribution in [0.25, 0.3) is 0 Å². The highest BCUT2D eigenvalue weighted by Gasteiger charge is 2.23. The first-order chi connectivity index (χ1) is 9.84. The Bertz CT molecular complexity index is 595. The second kappa shape index (κ2) is 7.73. The number of hydrogen-bond donors (Lipinski definition) is 1. The molecule has 5 heteroatoms. The van der Waals surface area contributed by atoms with Crippen LogP contribution in [0.3, 0.4) is 0 Å². The van der Waals surface area contributed by atoms with E-state index in [1.807, 2.05) is 19.9 Å². The minimum absolute atomic E-state index is 0.305. The highest BCUT2D eigenvalue weighted by Crippen LogP contribution is 2.23. The molecule has 1 aromatic carbocycles. The fourth-order valence-corrected chi connectivity index (χ4v) is 3.61. The zero-order valence-electron chi connectivity index (χ0n) is 13.4.